The van der Waals surface area contributed by atoms with Gasteiger partial charge in [0.15, 0.2) is 0 Å². The zero-order chi connectivity index (χ0) is 13.4. The molecule has 0 saturated heterocycles. The van der Waals surface area contributed by atoms with Gasteiger partial charge in [0.1, 0.15) is 11.8 Å². The van der Waals surface area contributed by atoms with Gasteiger partial charge in [0.05, 0.1) is 6.61 Å². The minimum absolute atomic E-state index is 0.0521. The van der Waals surface area contributed by atoms with Gasteiger partial charge in [-0.25, -0.2) is 0 Å². The molecule has 1 rings (SSSR count). The number of carbonyl (C=O) groups excluding carboxylic acids is 1. The van der Waals surface area contributed by atoms with Crippen molar-refractivity contribution in [2.45, 2.75) is 19.9 Å². The Kier molecular flexibility index (Phi) is 5.77. The Balaban J connectivity index is 2.50. The van der Waals surface area contributed by atoms with Gasteiger partial charge < -0.3 is 15.4 Å². The van der Waals surface area contributed by atoms with E-state index in [1.165, 1.54) is 0 Å². The van der Waals surface area contributed by atoms with E-state index in [1.54, 1.807) is 6.08 Å². The molecule has 0 aliphatic rings. The van der Waals surface area contributed by atoms with Crippen molar-refractivity contribution in [3.05, 3.63) is 36.9 Å². The van der Waals surface area contributed by atoms with E-state index in [-0.39, 0.29) is 11.9 Å². The molecule has 0 aromatic heterocycles. The second-order valence-corrected chi connectivity index (χ2v) is 3.86. The summed E-state index contributed by atoms with van der Waals surface area (Å²) >= 11 is 0. The van der Waals surface area contributed by atoms with Crippen LogP contribution in [0.25, 0.3) is 0 Å². The average molecular weight is 248 g/mol. The predicted molar refractivity (Wildman–Crippen MR) is 73.9 cm³/mol. The van der Waals surface area contributed by atoms with Crippen LogP contribution in [0.15, 0.2) is 36.9 Å². The third-order valence-corrected chi connectivity index (χ3v) is 2.36. The van der Waals surface area contributed by atoms with Crippen LogP contribution >= 0.6 is 0 Å². The number of amides is 1. The fourth-order valence-corrected chi connectivity index (χ4v) is 1.46. The summed E-state index contributed by atoms with van der Waals surface area (Å²) in [6, 6.07) is 7.24. The van der Waals surface area contributed by atoms with Gasteiger partial charge in [0, 0.05) is 12.2 Å². The van der Waals surface area contributed by atoms with Crippen molar-refractivity contribution in [3.63, 3.8) is 0 Å². The van der Waals surface area contributed by atoms with Crippen LogP contribution in [0.2, 0.25) is 0 Å². The van der Waals surface area contributed by atoms with Crippen LogP contribution in [0.1, 0.15) is 13.8 Å². The van der Waals surface area contributed by atoms with Crippen molar-refractivity contribution < 1.29 is 9.53 Å². The lowest BCUT2D eigenvalue weighted by Crippen LogP contribution is -2.37. The van der Waals surface area contributed by atoms with Crippen molar-refractivity contribution in [2.24, 2.45) is 0 Å². The Morgan fingerprint density at radius 2 is 2.11 bits per heavy atom. The first-order chi connectivity index (χ1) is 8.67. The van der Waals surface area contributed by atoms with Crippen molar-refractivity contribution in [1.29, 1.82) is 0 Å². The van der Waals surface area contributed by atoms with Crippen LogP contribution in [0.5, 0.6) is 5.75 Å². The normalized spacial score (nSPS) is 11.4. The van der Waals surface area contributed by atoms with Gasteiger partial charge in [-0.1, -0.05) is 6.08 Å². The Morgan fingerprint density at radius 3 is 2.67 bits per heavy atom. The second-order valence-electron chi connectivity index (χ2n) is 3.86. The standard InChI is InChI=1S/C14H20N2O2/c1-4-10-15-14(17)11(3)16-12-6-8-13(9-7-12)18-5-2/h4,6-9,11,16H,1,5,10H2,2-3H3,(H,15,17)/t11-/m1/s1. The fraction of sp³-hybridized carbons (Fsp3) is 0.357. The quantitative estimate of drug-likeness (QED) is 0.727. The van der Waals surface area contributed by atoms with Crippen molar-refractivity contribution in [2.75, 3.05) is 18.5 Å². The molecule has 0 fully saturated rings. The molecule has 0 heterocycles. The molecule has 2 N–H and O–H groups in total. The van der Waals surface area contributed by atoms with E-state index in [4.69, 9.17) is 4.74 Å². The molecular weight excluding hydrogens is 228 g/mol. The van der Waals surface area contributed by atoms with Crippen molar-refractivity contribution >= 4 is 11.6 Å². The van der Waals surface area contributed by atoms with E-state index in [1.807, 2.05) is 38.1 Å². The third-order valence-electron chi connectivity index (χ3n) is 2.36. The largest absolute Gasteiger partial charge is 0.494 e. The summed E-state index contributed by atoms with van der Waals surface area (Å²) in [6.45, 7) is 8.44. The summed E-state index contributed by atoms with van der Waals surface area (Å²) in [5.41, 5.74) is 0.889. The van der Waals surface area contributed by atoms with Crippen LogP contribution in [-0.4, -0.2) is 25.1 Å². The topological polar surface area (TPSA) is 50.4 Å². The molecule has 1 aromatic carbocycles. The lowest BCUT2D eigenvalue weighted by Gasteiger charge is -2.15. The number of anilines is 1. The van der Waals surface area contributed by atoms with Gasteiger partial charge in [-0.2, -0.15) is 0 Å². The minimum Gasteiger partial charge on any atom is -0.494 e. The molecule has 0 aliphatic heterocycles. The summed E-state index contributed by atoms with van der Waals surface area (Å²) in [5.74, 6) is 0.774. The lowest BCUT2D eigenvalue weighted by atomic mass is 10.2. The highest BCUT2D eigenvalue weighted by molar-refractivity contribution is 5.84. The van der Waals surface area contributed by atoms with Crippen LogP contribution in [0.4, 0.5) is 5.69 Å². The molecule has 0 bridgehead atoms. The average Bonchev–Trinajstić information content (AvgIpc) is 2.38. The van der Waals surface area contributed by atoms with Crippen LogP contribution < -0.4 is 15.4 Å². The Labute approximate surface area is 108 Å². The van der Waals surface area contributed by atoms with E-state index < -0.39 is 0 Å². The smallest absolute Gasteiger partial charge is 0.242 e. The maximum absolute atomic E-state index is 11.6. The summed E-state index contributed by atoms with van der Waals surface area (Å²) in [4.78, 5) is 11.6. The number of nitrogens with one attached hydrogen (secondary N) is 2. The molecule has 4 heteroatoms. The lowest BCUT2D eigenvalue weighted by molar-refractivity contribution is -0.121. The first-order valence-electron chi connectivity index (χ1n) is 6.05. The molecule has 0 saturated carbocycles. The number of benzene rings is 1. The van der Waals surface area contributed by atoms with E-state index in [9.17, 15) is 4.79 Å². The summed E-state index contributed by atoms with van der Waals surface area (Å²) in [6.07, 6.45) is 1.65. The fourth-order valence-electron chi connectivity index (χ4n) is 1.46. The SMILES string of the molecule is C=CCNC(=O)[C@@H](C)Nc1ccc(OCC)cc1. The molecule has 1 atom stereocenters. The molecule has 1 amide bonds. The van der Waals surface area contributed by atoms with Crippen LogP contribution in [0.3, 0.4) is 0 Å². The molecule has 0 unspecified atom stereocenters. The number of rotatable bonds is 7. The van der Waals surface area contributed by atoms with Crippen molar-refractivity contribution in [1.82, 2.24) is 5.32 Å². The summed E-state index contributed by atoms with van der Waals surface area (Å²) in [5, 5.41) is 5.86. The zero-order valence-corrected chi connectivity index (χ0v) is 10.9. The van der Waals surface area contributed by atoms with E-state index in [0.717, 1.165) is 11.4 Å². The molecule has 1 aromatic rings. The Bertz CT molecular complexity index is 387. The maximum Gasteiger partial charge on any atom is 0.242 e. The molecule has 0 aliphatic carbocycles. The van der Waals surface area contributed by atoms with Crippen LogP contribution in [0, 0.1) is 0 Å². The van der Waals surface area contributed by atoms with Crippen LogP contribution in [-0.2, 0) is 4.79 Å². The van der Waals surface area contributed by atoms with Gasteiger partial charge >= 0.3 is 0 Å². The molecule has 4 nitrogen and oxygen atoms in total. The Morgan fingerprint density at radius 1 is 1.44 bits per heavy atom. The highest BCUT2D eigenvalue weighted by Gasteiger charge is 2.10. The number of ether oxygens (including phenoxy) is 1. The predicted octanol–water partition coefficient (Wildman–Crippen LogP) is 2.19. The summed E-state index contributed by atoms with van der Waals surface area (Å²) < 4.78 is 5.35. The van der Waals surface area contributed by atoms with Gasteiger partial charge in [-0.3, -0.25) is 4.79 Å². The highest BCUT2D eigenvalue weighted by atomic mass is 16.5. The first kappa shape index (κ1) is 14.1. The van der Waals surface area contributed by atoms with Crippen molar-refractivity contribution in [3.8, 4) is 5.75 Å². The monoisotopic (exact) mass is 248 g/mol. The molecule has 0 spiro atoms. The van der Waals surface area contributed by atoms with E-state index in [0.29, 0.717) is 13.2 Å². The minimum atomic E-state index is -0.289. The maximum atomic E-state index is 11.6. The molecular formula is C14H20N2O2. The number of hydrogen-bond acceptors (Lipinski definition) is 3. The first-order valence-corrected chi connectivity index (χ1v) is 6.05. The van der Waals surface area contributed by atoms with Gasteiger partial charge in [0.25, 0.3) is 0 Å². The zero-order valence-electron chi connectivity index (χ0n) is 10.9. The second kappa shape index (κ2) is 7.37. The van der Waals surface area contributed by atoms with E-state index >= 15 is 0 Å². The molecule has 98 valence electrons. The molecule has 18 heavy (non-hydrogen) atoms. The molecule has 0 radical (unpaired) electrons. The number of hydrogen-bond donors (Lipinski definition) is 2. The van der Waals surface area contributed by atoms with Gasteiger partial charge in [0.2, 0.25) is 5.91 Å². The number of carbonyl (C=O) groups is 1. The van der Waals surface area contributed by atoms with E-state index in [2.05, 4.69) is 17.2 Å². The summed E-state index contributed by atoms with van der Waals surface area (Å²) in [7, 11) is 0. The highest BCUT2D eigenvalue weighted by Crippen LogP contribution is 2.16. The Hall–Kier alpha value is -1.97. The van der Waals surface area contributed by atoms with Gasteiger partial charge in [-0.15, -0.1) is 6.58 Å². The van der Waals surface area contributed by atoms with Gasteiger partial charge in [-0.05, 0) is 38.1 Å². The third kappa shape index (κ3) is 4.49.